The van der Waals surface area contributed by atoms with Gasteiger partial charge in [-0.05, 0) is 39.0 Å². The molecule has 108 valence electrons. The van der Waals surface area contributed by atoms with Crippen molar-refractivity contribution in [1.29, 1.82) is 0 Å². The van der Waals surface area contributed by atoms with Gasteiger partial charge in [0.15, 0.2) is 0 Å². The van der Waals surface area contributed by atoms with Crippen molar-refractivity contribution in [3.8, 4) is 0 Å². The van der Waals surface area contributed by atoms with E-state index in [0.717, 1.165) is 18.9 Å². The molecule has 1 saturated carbocycles. The van der Waals surface area contributed by atoms with Crippen molar-refractivity contribution >= 4 is 5.91 Å². The Morgan fingerprint density at radius 2 is 2.11 bits per heavy atom. The predicted molar refractivity (Wildman–Crippen MR) is 73.9 cm³/mol. The minimum Gasteiger partial charge on any atom is -0.377 e. The Morgan fingerprint density at radius 3 is 2.84 bits per heavy atom. The molecule has 0 aromatic heterocycles. The number of carbonyl (C=O) groups is 1. The SMILES string of the molecule is CC1(C)COCCN1C(=O)C1CC2CCCCC2N1. The normalized spacial score (nSPS) is 38.0. The largest absolute Gasteiger partial charge is 0.377 e. The van der Waals surface area contributed by atoms with E-state index >= 15 is 0 Å². The molecule has 0 aromatic carbocycles. The van der Waals surface area contributed by atoms with Gasteiger partial charge in [0.1, 0.15) is 0 Å². The summed E-state index contributed by atoms with van der Waals surface area (Å²) >= 11 is 0. The average molecular weight is 266 g/mol. The summed E-state index contributed by atoms with van der Waals surface area (Å²) < 4.78 is 5.51. The van der Waals surface area contributed by atoms with Gasteiger partial charge in [0.05, 0.1) is 24.8 Å². The van der Waals surface area contributed by atoms with E-state index in [4.69, 9.17) is 4.74 Å². The van der Waals surface area contributed by atoms with Crippen molar-refractivity contribution in [2.24, 2.45) is 5.92 Å². The first-order valence-electron chi connectivity index (χ1n) is 7.73. The molecule has 19 heavy (non-hydrogen) atoms. The Morgan fingerprint density at radius 1 is 1.32 bits per heavy atom. The fourth-order valence-electron chi connectivity index (χ4n) is 3.97. The van der Waals surface area contributed by atoms with Crippen LogP contribution < -0.4 is 5.32 Å². The lowest BCUT2D eigenvalue weighted by Crippen LogP contribution is -2.59. The fourth-order valence-corrected chi connectivity index (χ4v) is 3.97. The lowest BCUT2D eigenvalue weighted by Gasteiger charge is -2.43. The zero-order chi connectivity index (χ0) is 13.5. The number of nitrogens with one attached hydrogen (secondary N) is 1. The van der Waals surface area contributed by atoms with Crippen LogP contribution in [0.3, 0.4) is 0 Å². The van der Waals surface area contributed by atoms with E-state index < -0.39 is 0 Å². The highest BCUT2D eigenvalue weighted by molar-refractivity contribution is 5.83. The monoisotopic (exact) mass is 266 g/mol. The molecule has 2 saturated heterocycles. The van der Waals surface area contributed by atoms with Gasteiger partial charge < -0.3 is 15.0 Å². The van der Waals surface area contributed by atoms with Crippen LogP contribution in [0.2, 0.25) is 0 Å². The van der Waals surface area contributed by atoms with Crippen LogP contribution >= 0.6 is 0 Å². The second-order valence-electron chi connectivity index (χ2n) is 6.96. The van der Waals surface area contributed by atoms with Gasteiger partial charge in [-0.15, -0.1) is 0 Å². The highest BCUT2D eigenvalue weighted by Crippen LogP contribution is 2.34. The summed E-state index contributed by atoms with van der Waals surface area (Å²) in [5, 5.41) is 3.60. The number of morpholine rings is 1. The fraction of sp³-hybridized carbons (Fsp3) is 0.933. The molecule has 0 aromatic rings. The molecule has 3 rings (SSSR count). The van der Waals surface area contributed by atoms with Crippen LogP contribution in [0.5, 0.6) is 0 Å². The van der Waals surface area contributed by atoms with Crippen LogP contribution in [0.4, 0.5) is 0 Å². The summed E-state index contributed by atoms with van der Waals surface area (Å²) in [5.41, 5.74) is -0.162. The van der Waals surface area contributed by atoms with Crippen LogP contribution in [0, 0.1) is 5.92 Å². The minimum atomic E-state index is -0.162. The van der Waals surface area contributed by atoms with Crippen LogP contribution in [-0.2, 0) is 9.53 Å². The molecule has 3 aliphatic rings. The molecule has 0 spiro atoms. The molecule has 1 aliphatic carbocycles. The third kappa shape index (κ3) is 2.52. The van der Waals surface area contributed by atoms with Crippen LogP contribution in [0.15, 0.2) is 0 Å². The summed E-state index contributed by atoms with van der Waals surface area (Å²) in [6.07, 6.45) is 6.25. The van der Waals surface area contributed by atoms with Crippen LogP contribution in [0.25, 0.3) is 0 Å². The van der Waals surface area contributed by atoms with E-state index in [1.165, 1.54) is 25.7 Å². The third-order valence-electron chi connectivity index (χ3n) is 5.07. The molecule has 4 heteroatoms. The van der Waals surface area contributed by atoms with Crippen LogP contribution in [-0.4, -0.2) is 48.2 Å². The lowest BCUT2D eigenvalue weighted by molar-refractivity contribution is -0.148. The summed E-state index contributed by atoms with van der Waals surface area (Å²) in [7, 11) is 0. The summed E-state index contributed by atoms with van der Waals surface area (Å²) in [5.74, 6) is 1.02. The second-order valence-corrected chi connectivity index (χ2v) is 6.96. The van der Waals surface area contributed by atoms with Crippen molar-refractivity contribution in [2.45, 2.75) is 63.6 Å². The Hall–Kier alpha value is -0.610. The first kappa shape index (κ1) is 13.4. The molecule has 1 N–H and O–H groups in total. The Balaban J connectivity index is 1.67. The van der Waals surface area contributed by atoms with Crippen molar-refractivity contribution in [3.63, 3.8) is 0 Å². The lowest BCUT2D eigenvalue weighted by atomic mass is 9.85. The highest BCUT2D eigenvalue weighted by Gasteiger charge is 2.43. The summed E-state index contributed by atoms with van der Waals surface area (Å²) in [6, 6.07) is 0.636. The molecule has 4 nitrogen and oxygen atoms in total. The average Bonchev–Trinajstić information content (AvgIpc) is 2.81. The molecule has 0 radical (unpaired) electrons. The van der Waals surface area contributed by atoms with Crippen molar-refractivity contribution in [2.75, 3.05) is 19.8 Å². The first-order valence-corrected chi connectivity index (χ1v) is 7.73. The van der Waals surface area contributed by atoms with E-state index in [0.29, 0.717) is 25.2 Å². The zero-order valence-corrected chi connectivity index (χ0v) is 12.2. The minimum absolute atomic E-state index is 0.0467. The number of amides is 1. The van der Waals surface area contributed by atoms with Gasteiger partial charge in [-0.3, -0.25) is 4.79 Å². The molecule has 0 bridgehead atoms. The summed E-state index contributed by atoms with van der Waals surface area (Å²) in [6.45, 7) is 6.27. The zero-order valence-electron chi connectivity index (χ0n) is 12.2. The van der Waals surface area contributed by atoms with Gasteiger partial charge in [0.25, 0.3) is 0 Å². The van der Waals surface area contributed by atoms with Gasteiger partial charge in [0, 0.05) is 12.6 Å². The molecule has 3 fully saturated rings. The number of hydrogen-bond acceptors (Lipinski definition) is 3. The van der Waals surface area contributed by atoms with E-state index in [-0.39, 0.29) is 11.6 Å². The quantitative estimate of drug-likeness (QED) is 0.783. The Labute approximate surface area is 115 Å². The Bertz CT molecular complexity index is 342. The molecule has 2 aliphatic heterocycles. The molecule has 1 amide bonds. The highest BCUT2D eigenvalue weighted by atomic mass is 16.5. The molecule has 2 heterocycles. The number of ether oxygens (including phenoxy) is 1. The van der Waals surface area contributed by atoms with Gasteiger partial charge in [-0.25, -0.2) is 0 Å². The predicted octanol–water partition coefficient (Wildman–Crippen LogP) is 1.54. The number of fused-ring (bicyclic) bond motifs is 1. The topological polar surface area (TPSA) is 41.6 Å². The molecular weight excluding hydrogens is 240 g/mol. The van der Waals surface area contributed by atoms with Crippen molar-refractivity contribution in [1.82, 2.24) is 10.2 Å². The van der Waals surface area contributed by atoms with Crippen LogP contribution in [0.1, 0.15) is 46.0 Å². The number of carbonyl (C=O) groups excluding carboxylic acids is 1. The number of hydrogen-bond donors (Lipinski definition) is 1. The Kier molecular flexibility index (Phi) is 3.56. The first-order chi connectivity index (χ1) is 9.08. The second kappa shape index (κ2) is 5.06. The number of nitrogens with zero attached hydrogens (tertiary/aromatic N) is 1. The van der Waals surface area contributed by atoms with Gasteiger partial charge in [0.2, 0.25) is 5.91 Å². The maximum Gasteiger partial charge on any atom is 0.240 e. The van der Waals surface area contributed by atoms with Crippen molar-refractivity contribution < 1.29 is 9.53 Å². The molecular formula is C15H26N2O2. The van der Waals surface area contributed by atoms with E-state index in [1.54, 1.807) is 0 Å². The van der Waals surface area contributed by atoms with Gasteiger partial charge in [-0.1, -0.05) is 12.8 Å². The number of rotatable bonds is 1. The summed E-state index contributed by atoms with van der Waals surface area (Å²) in [4.78, 5) is 14.8. The standard InChI is InChI=1S/C15H26N2O2/c1-15(2)10-19-8-7-17(15)14(18)13-9-11-5-3-4-6-12(11)16-13/h11-13,16H,3-10H2,1-2H3. The van der Waals surface area contributed by atoms with E-state index in [9.17, 15) is 4.79 Å². The van der Waals surface area contributed by atoms with Crippen molar-refractivity contribution in [3.05, 3.63) is 0 Å². The van der Waals surface area contributed by atoms with E-state index in [2.05, 4.69) is 19.2 Å². The van der Waals surface area contributed by atoms with Gasteiger partial charge in [-0.2, -0.15) is 0 Å². The smallest absolute Gasteiger partial charge is 0.240 e. The third-order valence-corrected chi connectivity index (χ3v) is 5.07. The maximum atomic E-state index is 12.8. The molecule has 3 unspecified atom stereocenters. The molecule has 3 atom stereocenters. The van der Waals surface area contributed by atoms with Gasteiger partial charge >= 0.3 is 0 Å². The maximum absolute atomic E-state index is 12.8. The van der Waals surface area contributed by atoms with E-state index in [1.807, 2.05) is 4.90 Å².